The second kappa shape index (κ2) is 6.97. The fourth-order valence-corrected chi connectivity index (χ4v) is 1.24. The zero-order valence-corrected chi connectivity index (χ0v) is 10.2. The topological polar surface area (TPSA) is 95.1 Å². The average Bonchev–Trinajstić information content (AvgIpc) is 2.73. The van der Waals surface area contributed by atoms with Gasteiger partial charge in [-0.1, -0.05) is 0 Å². The zero-order chi connectivity index (χ0) is 12.7. The van der Waals surface area contributed by atoms with Crippen LogP contribution in [0.15, 0.2) is 6.33 Å². The molecule has 0 spiro atoms. The predicted octanol–water partition coefficient (Wildman–Crippen LogP) is -0.549. The molecule has 1 aromatic heterocycles. The minimum Gasteiger partial charge on any atom is -0.385 e. The Morgan fingerprint density at radius 1 is 1.71 bits per heavy atom. The first-order chi connectivity index (χ1) is 8.13. The second-order valence-corrected chi connectivity index (χ2v) is 3.79. The molecule has 0 aromatic carbocycles. The number of methoxy groups -OCH3 is 1. The third-order valence-electron chi connectivity index (χ3n) is 2.11. The highest BCUT2D eigenvalue weighted by atomic mass is 16.5. The van der Waals surface area contributed by atoms with Gasteiger partial charge in [0.2, 0.25) is 5.91 Å². The van der Waals surface area contributed by atoms with Crippen molar-refractivity contribution in [1.82, 2.24) is 20.1 Å². The standard InChI is InChI=1S/C10H19N5O2/c1-8(11)10-13-7-15(14-10)6-9(16)12-4-3-5-17-2/h7-8H,3-6,11H2,1-2H3,(H,12,16). The summed E-state index contributed by atoms with van der Waals surface area (Å²) < 4.78 is 6.36. The Morgan fingerprint density at radius 2 is 2.47 bits per heavy atom. The Bertz CT molecular complexity index is 350. The SMILES string of the molecule is COCCCNC(=O)Cn1cnc(C(C)N)n1. The number of hydrogen-bond donors (Lipinski definition) is 2. The van der Waals surface area contributed by atoms with Gasteiger partial charge in [0.15, 0.2) is 5.82 Å². The monoisotopic (exact) mass is 241 g/mol. The van der Waals surface area contributed by atoms with Crippen LogP contribution in [-0.4, -0.2) is 40.9 Å². The molecule has 1 aromatic rings. The fraction of sp³-hybridized carbons (Fsp3) is 0.700. The van der Waals surface area contributed by atoms with Crippen LogP contribution in [0.25, 0.3) is 0 Å². The van der Waals surface area contributed by atoms with E-state index in [9.17, 15) is 4.79 Å². The number of amides is 1. The number of carbonyl (C=O) groups excluding carboxylic acids is 1. The molecule has 1 atom stereocenters. The highest BCUT2D eigenvalue weighted by Gasteiger charge is 2.07. The summed E-state index contributed by atoms with van der Waals surface area (Å²) in [5.41, 5.74) is 5.62. The quantitative estimate of drug-likeness (QED) is 0.625. The lowest BCUT2D eigenvalue weighted by Crippen LogP contribution is -2.29. The first-order valence-electron chi connectivity index (χ1n) is 5.54. The van der Waals surface area contributed by atoms with E-state index < -0.39 is 0 Å². The van der Waals surface area contributed by atoms with Gasteiger partial charge >= 0.3 is 0 Å². The zero-order valence-electron chi connectivity index (χ0n) is 10.2. The van der Waals surface area contributed by atoms with Gasteiger partial charge in [-0.05, 0) is 13.3 Å². The Hall–Kier alpha value is -1.47. The van der Waals surface area contributed by atoms with E-state index in [1.807, 2.05) is 0 Å². The molecule has 0 fully saturated rings. The minimum absolute atomic E-state index is 0.0952. The van der Waals surface area contributed by atoms with Crippen molar-refractivity contribution in [1.29, 1.82) is 0 Å². The number of hydrogen-bond acceptors (Lipinski definition) is 5. The van der Waals surface area contributed by atoms with Crippen molar-refractivity contribution >= 4 is 5.91 Å². The van der Waals surface area contributed by atoms with E-state index >= 15 is 0 Å². The molecule has 1 heterocycles. The maximum absolute atomic E-state index is 11.5. The molecule has 0 radical (unpaired) electrons. The van der Waals surface area contributed by atoms with E-state index in [-0.39, 0.29) is 18.5 Å². The lowest BCUT2D eigenvalue weighted by atomic mass is 10.4. The van der Waals surface area contributed by atoms with Crippen LogP contribution < -0.4 is 11.1 Å². The highest BCUT2D eigenvalue weighted by Crippen LogP contribution is 2.00. The molecule has 1 rings (SSSR count). The number of carbonyl (C=O) groups is 1. The summed E-state index contributed by atoms with van der Waals surface area (Å²) in [7, 11) is 1.63. The third-order valence-corrected chi connectivity index (χ3v) is 2.11. The number of nitrogens with one attached hydrogen (secondary N) is 1. The summed E-state index contributed by atoms with van der Waals surface area (Å²) in [6, 6.07) is -0.221. The number of rotatable bonds is 7. The Balaban J connectivity index is 2.29. The van der Waals surface area contributed by atoms with Gasteiger partial charge in [0.25, 0.3) is 0 Å². The molecule has 0 aliphatic rings. The van der Waals surface area contributed by atoms with E-state index in [0.29, 0.717) is 19.0 Å². The molecule has 0 aliphatic carbocycles. The van der Waals surface area contributed by atoms with Crippen molar-refractivity contribution in [3.63, 3.8) is 0 Å². The number of ether oxygens (including phenoxy) is 1. The molecule has 17 heavy (non-hydrogen) atoms. The third kappa shape index (κ3) is 4.92. The fourth-order valence-electron chi connectivity index (χ4n) is 1.24. The largest absolute Gasteiger partial charge is 0.385 e. The molecule has 1 amide bonds. The molecule has 0 bridgehead atoms. The van der Waals surface area contributed by atoms with Crippen LogP contribution in [0, 0.1) is 0 Å². The Labute approximate surface area is 100 Å². The summed E-state index contributed by atoms with van der Waals surface area (Å²) in [4.78, 5) is 15.5. The van der Waals surface area contributed by atoms with Crippen LogP contribution >= 0.6 is 0 Å². The number of nitrogens with zero attached hydrogens (tertiary/aromatic N) is 3. The first-order valence-corrected chi connectivity index (χ1v) is 5.54. The maximum atomic E-state index is 11.5. The van der Waals surface area contributed by atoms with Crippen molar-refractivity contribution in [2.75, 3.05) is 20.3 Å². The van der Waals surface area contributed by atoms with E-state index in [1.165, 1.54) is 11.0 Å². The summed E-state index contributed by atoms with van der Waals surface area (Å²) in [5, 5.41) is 6.85. The average molecular weight is 241 g/mol. The second-order valence-electron chi connectivity index (χ2n) is 3.79. The van der Waals surface area contributed by atoms with E-state index in [2.05, 4.69) is 15.4 Å². The van der Waals surface area contributed by atoms with Crippen LogP contribution in [0.4, 0.5) is 0 Å². The molecule has 7 heteroatoms. The van der Waals surface area contributed by atoms with Crippen LogP contribution in [0.1, 0.15) is 25.2 Å². The predicted molar refractivity (Wildman–Crippen MR) is 62.1 cm³/mol. The van der Waals surface area contributed by atoms with Gasteiger partial charge in [0, 0.05) is 20.3 Å². The van der Waals surface area contributed by atoms with Crippen molar-refractivity contribution in [2.24, 2.45) is 5.73 Å². The van der Waals surface area contributed by atoms with E-state index in [0.717, 1.165) is 6.42 Å². The molecule has 0 saturated carbocycles. The molecular weight excluding hydrogens is 222 g/mol. The maximum Gasteiger partial charge on any atom is 0.241 e. The first kappa shape index (κ1) is 13.6. The van der Waals surface area contributed by atoms with Gasteiger partial charge in [-0.2, -0.15) is 5.10 Å². The van der Waals surface area contributed by atoms with Gasteiger partial charge in [0.05, 0.1) is 6.04 Å². The normalized spacial score (nSPS) is 12.4. The minimum atomic E-state index is -0.221. The smallest absolute Gasteiger partial charge is 0.241 e. The van der Waals surface area contributed by atoms with Gasteiger partial charge in [-0.3, -0.25) is 4.79 Å². The van der Waals surface area contributed by atoms with E-state index in [1.54, 1.807) is 14.0 Å². The van der Waals surface area contributed by atoms with Gasteiger partial charge in [-0.15, -0.1) is 0 Å². The molecular formula is C10H19N5O2. The molecule has 7 nitrogen and oxygen atoms in total. The molecule has 3 N–H and O–H groups in total. The van der Waals surface area contributed by atoms with Crippen LogP contribution in [0.3, 0.4) is 0 Å². The van der Waals surface area contributed by atoms with E-state index in [4.69, 9.17) is 10.5 Å². The lowest BCUT2D eigenvalue weighted by Gasteiger charge is -2.04. The van der Waals surface area contributed by atoms with Gasteiger partial charge in [-0.25, -0.2) is 9.67 Å². The number of nitrogens with two attached hydrogens (primary N) is 1. The van der Waals surface area contributed by atoms with Gasteiger partial charge < -0.3 is 15.8 Å². The van der Waals surface area contributed by atoms with Crippen LogP contribution in [-0.2, 0) is 16.1 Å². The summed E-state index contributed by atoms with van der Waals surface area (Å²) in [5.74, 6) is 0.444. The molecule has 0 aliphatic heterocycles. The van der Waals surface area contributed by atoms with Gasteiger partial charge in [0.1, 0.15) is 12.9 Å². The summed E-state index contributed by atoms with van der Waals surface area (Å²) in [6.07, 6.45) is 2.30. The highest BCUT2D eigenvalue weighted by molar-refractivity contribution is 5.75. The van der Waals surface area contributed by atoms with Crippen molar-refractivity contribution in [3.8, 4) is 0 Å². The Morgan fingerprint density at radius 3 is 3.06 bits per heavy atom. The van der Waals surface area contributed by atoms with Crippen LogP contribution in [0.2, 0.25) is 0 Å². The summed E-state index contributed by atoms with van der Waals surface area (Å²) in [6.45, 7) is 3.19. The van der Waals surface area contributed by atoms with Crippen molar-refractivity contribution in [2.45, 2.75) is 25.9 Å². The van der Waals surface area contributed by atoms with Crippen LogP contribution in [0.5, 0.6) is 0 Å². The molecule has 1 unspecified atom stereocenters. The molecule has 96 valence electrons. The molecule has 0 saturated heterocycles. The number of aromatic nitrogens is 3. The van der Waals surface area contributed by atoms with Crippen molar-refractivity contribution in [3.05, 3.63) is 12.2 Å². The van der Waals surface area contributed by atoms with Crippen molar-refractivity contribution < 1.29 is 9.53 Å². The Kier molecular flexibility index (Phi) is 5.58. The summed E-state index contributed by atoms with van der Waals surface area (Å²) >= 11 is 0. The lowest BCUT2D eigenvalue weighted by molar-refractivity contribution is -0.121.